The van der Waals surface area contributed by atoms with Crippen LogP contribution in [0.15, 0.2) is 60.8 Å². The first kappa shape index (κ1) is 77.9. The second-order valence-corrected chi connectivity index (χ2v) is 24.7. The lowest BCUT2D eigenvalue weighted by molar-refractivity contribution is -0.302. The molecular formula is C73H135NO8. The van der Waals surface area contributed by atoms with Gasteiger partial charge in [0.25, 0.3) is 0 Å². The summed E-state index contributed by atoms with van der Waals surface area (Å²) in [6.07, 6.45) is 79.0. The van der Waals surface area contributed by atoms with E-state index in [2.05, 4.69) is 67.8 Å². The maximum atomic E-state index is 13.1. The predicted octanol–water partition coefficient (Wildman–Crippen LogP) is 19.4. The summed E-state index contributed by atoms with van der Waals surface area (Å²) in [4.78, 5) is 13.1. The summed E-state index contributed by atoms with van der Waals surface area (Å²) >= 11 is 0. The SMILES string of the molecule is CCCCCCC/C=C\C/C=C\C/C=C\CCCCCCCCCCCCCCC(=O)NC(COC1OC(CO)C(O)C(O)C1O)C(O)/C=C/CC/C=C/CCCCCCCCCCCCCCCCCCCCCCCCCCCC. The second kappa shape index (κ2) is 62.0. The van der Waals surface area contributed by atoms with Gasteiger partial charge in [-0.15, -0.1) is 0 Å². The summed E-state index contributed by atoms with van der Waals surface area (Å²) in [7, 11) is 0. The number of rotatable bonds is 62. The monoisotopic (exact) mass is 1150 g/mol. The smallest absolute Gasteiger partial charge is 0.220 e. The Balaban J connectivity index is 2.15. The molecule has 0 aliphatic carbocycles. The topological polar surface area (TPSA) is 149 Å². The molecule has 0 spiro atoms. The number of hydrogen-bond acceptors (Lipinski definition) is 8. The molecule has 82 heavy (non-hydrogen) atoms. The van der Waals surface area contributed by atoms with Gasteiger partial charge in [-0.25, -0.2) is 0 Å². The average Bonchev–Trinajstić information content (AvgIpc) is 3.53. The van der Waals surface area contributed by atoms with Crippen molar-refractivity contribution in [1.82, 2.24) is 5.32 Å². The highest BCUT2D eigenvalue weighted by atomic mass is 16.7. The Morgan fingerprint density at radius 3 is 1.11 bits per heavy atom. The molecule has 1 amide bonds. The number of aliphatic hydroxyl groups is 5. The first-order chi connectivity index (χ1) is 40.3. The zero-order chi connectivity index (χ0) is 59.3. The third kappa shape index (κ3) is 50.1. The molecule has 1 heterocycles. The third-order valence-electron chi connectivity index (χ3n) is 16.8. The largest absolute Gasteiger partial charge is 0.394 e. The van der Waals surface area contributed by atoms with E-state index >= 15 is 0 Å². The van der Waals surface area contributed by atoms with Gasteiger partial charge in [0.05, 0.1) is 25.4 Å². The molecule has 0 aromatic rings. The summed E-state index contributed by atoms with van der Waals surface area (Å²) in [5.74, 6) is -0.186. The van der Waals surface area contributed by atoms with Crippen LogP contribution in [0.1, 0.15) is 341 Å². The van der Waals surface area contributed by atoms with Gasteiger partial charge < -0.3 is 40.3 Å². The molecule has 0 saturated carbocycles. The molecule has 6 N–H and O–H groups in total. The van der Waals surface area contributed by atoms with Crippen LogP contribution in [0.3, 0.4) is 0 Å². The lowest BCUT2D eigenvalue weighted by atomic mass is 9.99. The van der Waals surface area contributed by atoms with Gasteiger partial charge in [-0.1, -0.05) is 325 Å². The van der Waals surface area contributed by atoms with Crippen LogP contribution < -0.4 is 5.32 Å². The first-order valence-corrected chi connectivity index (χ1v) is 35.5. The fourth-order valence-electron chi connectivity index (χ4n) is 11.2. The van der Waals surface area contributed by atoms with Crippen LogP contribution in [-0.2, 0) is 14.3 Å². The molecule has 9 nitrogen and oxygen atoms in total. The molecule has 1 saturated heterocycles. The number of carbonyl (C=O) groups excluding carboxylic acids is 1. The van der Waals surface area contributed by atoms with Gasteiger partial charge in [0.15, 0.2) is 6.29 Å². The molecule has 1 rings (SSSR count). The summed E-state index contributed by atoms with van der Waals surface area (Å²) in [6.45, 7) is 3.79. The van der Waals surface area contributed by atoms with E-state index in [1.807, 2.05) is 6.08 Å². The summed E-state index contributed by atoms with van der Waals surface area (Å²) in [5, 5.41) is 54.7. The number of amides is 1. The molecule has 1 aliphatic rings. The maximum Gasteiger partial charge on any atom is 0.220 e. The summed E-state index contributed by atoms with van der Waals surface area (Å²) in [6, 6.07) is -0.827. The van der Waals surface area contributed by atoms with Crippen LogP contribution in [-0.4, -0.2) is 87.5 Å². The minimum absolute atomic E-state index is 0.186. The van der Waals surface area contributed by atoms with Gasteiger partial charge in [0.1, 0.15) is 24.4 Å². The molecular weight excluding hydrogens is 1020 g/mol. The molecule has 1 aliphatic heterocycles. The lowest BCUT2D eigenvalue weighted by Gasteiger charge is -2.40. The Kier molecular flexibility index (Phi) is 58.9. The molecule has 0 radical (unpaired) electrons. The van der Waals surface area contributed by atoms with E-state index in [1.165, 1.54) is 270 Å². The third-order valence-corrected chi connectivity index (χ3v) is 16.8. The van der Waals surface area contributed by atoms with Crippen molar-refractivity contribution in [3.8, 4) is 0 Å². The van der Waals surface area contributed by atoms with Gasteiger partial charge in [0.2, 0.25) is 5.91 Å². The van der Waals surface area contributed by atoms with Crippen molar-refractivity contribution >= 4 is 5.91 Å². The van der Waals surface area contributed by atoms with Gasteiger partial charge in [0, 0.05) is 6.42 Å². The van der Waals surface area contributed by atoms with Crippen LogP contribution in [0.25, 0.3) is 0 Å². The zero-order valence-electron chi connectivity index (χ0n) is 53.8. The van der Waals surface area contributed by atoms with Gasteiger partial charge in [-0.3, -0.25) is 4.79 Å². The fourth-order valence-corrected chi connectivity index (χ4v) is 11.2. The maximum absolute atomic E-state index is 13.1. The fraction of sp³-hybridized carbons (Fsp3) is 0.849. The Labute approximate surface area is 506 Å². The van der Waals surface area contributed by atoms with E-state index in [9.17, 15) is 30.3 Å². The number of hydrogen-bond donors (Lipinski definition) is 6. The molecule has 9 heteroatoms. The first-order valence-electron chi connectivity index (χ1n) is 35.5. The molecule has 0 aromatic heterocycles. The average molecular weight is 1150 g/mol. The van der Waals surface area contributed by atoms with Crippen molar-refractivity contribution in [2.75, 3.05) is 13.2 Å². The van der Waals surface area contributed by atoms with Crippen molar-refractivity contribution in [3.63, 3.8) is 0 Å². The van der Waals surface area contributed by atoms with Crippen molar-refractivity contribution in [2.45, 2.75) is 384 Å². The van der Waals surface area contributed by atoms with Crippen LogP contribution in [0, 0.1) is 0 Å². The van der Waals surface area contributed by atoms with Crippen LogP contribution in [0.4, 0.5) is 0 Å². The van der Waals surface area contributed by atoms with Gasteiger partial charge in [-0.05, 0) is 70.6 Å². The Bertz CT molecular complexity index is 1480. The van der Waals surface area contributed by atoms with Gasteiger partial charge >= 0.3 is 0 Å². The summed E-state index contributed by atoms with van der Waals surface area (Å²) < 4.78 is 11.3. The molecule has 7 unspecified atom stereocenters. The minimum atomic E-state index is -1.58. The number of aliphatic hydroxyl groups excluding tert-OH is 5. The Morgan fingerprint density at radius 1 is 0.415 bits per heavy atom. The lowest BCUT2D eigenvalue weighted by Crippen LogP contribution is -2.60. The highest BCUT2D eigenvalue weighted by molar-refractivity contribution is 5.76. The highest BCUT2D eigenvalue weighted by Gasteiger charge is 2.44. The van der Waals surface area contributed by atoms with Crippen LogP contribution in [0.2, 0.25) is 0 Å². The van der Waals surface area contributed by atoms with E-state index in [4.69, 9.17) is 9.47 Å². The van der Waals surface area contributed by atoms with E-state index in [-0.39, 0.29) is 12.5 Å². The second-order valence-electron chi connectivity index (χ2n) is 24.7. The Morgan fingerprint density at radius 2 is 0.732 bits per heavy atom. The normalized spacial score (nSPS) is 18.6. The minimum Gasteiger partial charge on any atom is -0.394 e. The Hall–Kier alpha value is -2.11. The molecule has 1 fully saturated rings. The van der Waals surface area contributed by atoms with Crippen molar-refractivity contribution in [3.05, 3.63) is 60.8 Å². The van der Waals surface area contributed by atoms with Crippen molar-refractivity contribution < 1.29 is 39.8 Å². The molecule has 480 valence electrons. The zero-order valence-corrected chi connectivity index (χ0v) is 53.8. The van der Waals surface area contributed by atoms with E-state index in [1.54, 1.807) is 6.08 Å². The van der Waals surface area contributed by atoms with E-state index < -0.39 is 49.5 Å². The van der Waals surface area contributed by atoms with Gasteiger partial charge in [-0.2, -0.15) is 0 Å². The summed E-state index contributed by atoms with van der Waals surface area (Å²) in [5.41, 5.74) is 0. The number of nitrogens with one attached hydrogen (secondary N) is 1. The number of carbonyl (C=O) groups is 1. The van der Waals surface area contributed by atoms with Crippen LogP contribution >= 0.6 is 0 Å². The predicted molar refractivity (Wildman–Crippen MR) is 350 cm³/mol. The number of allylic oxidation sites excluding steroid dienone is 9. The van der Waals surface area contributed by atoms with E-state index in [0.717, 1.165) is 51.4 Å². The van der Waals surface area contributed by atoms with Crippen molar-refractivity contribution in [1.29, 1.82) is 0 Å². The molecule has 7 atom stereocenters. The van der Waals surface area contributed by atoms with E-state index in [0.29, 0.717) is 6.42 Å². The number of unbranched alkanes of at least 4 members (excludes halogenated alkanes) is 44. The number of ether oxygens (including phenoxy) is 2. The highest BCUT2D eigenvalue weighted by Crippen LogP contribution is 2.23. The standard InChI is InChI=1S/C73H135NO8/c1-3-5-7-9-11-13-15-17-19-21-23-25-27-29-31-32-33-34-35-37-38-40-42-44-46-48-50-52-54-56-58-60-62-67(76)66(65-81-73-72(80)71(79)70(78)68(64-75)82-73)74-69(77)63-61-59-57-55-53-51-49-47-45-43-41-39-36-30-28-26-24-22-20-18-16-14-12-10-8-6-4-2/h16,18,22,24,28,30,52,54,60,62,66-68,70-73,75-76,78-80H,3-15,17,19-21,23,25-27,29,31-51,53,55-59,61,63-65H2,1-2H3,(H,74,77)/b18-16-,24-22-,30-28-,54-52+,62-60+. The van der Waals surface area contributed by atoms with Crippen molar-refractivity contribution in [2.24, 2.45) is 0 Å². The quantitative estimate of drug-likeness (QED) is 0.0261. The van der Waals surface area contributed by atoms with Crippen LogP contribution in [0.5, 0.6) is 0 Å². The molecule has 0 aromatic carbocycles. The molecule has 0 bridgehead atoms.